The molecule has 0 fully saturated rings. The van der Waals surface area contributed by atoms with Crippen LogP contribution in [0, 0.1) is 5.92 Å². The van der Waals surface area contributed by atoms with Gasteiger partial charge in [0.05, 0.1) is 11.4 Å². The van der Waals surface area contributed by atoms with Crippen LogP contribution in [0.15, 0.2) is 24.3 Å². The summed E-state index contributed by atoms with van der Waals surface area (Å²) in [4.78, 5) is 49.4. The number of anilines is 2. The molecule has 2 rings (SSSR count). The van der Waals surface area contributed by atoms with Gasteiger partial charge in [-0.2, -0.15) is 0 Å². The molecule has 4 N–H and O–H groups in total. The second-order valence-corrected chi connectivity index (χ2v) is 6.53. The summed E-state index contributed by atoms with van der Waals surface area (Å²) in [5.41, 5.74) is 1.03. The van der Waals surface area contributed by atoms with E-state index in [2.05, 4.69) is 16.0 Å². The van der Waals surface area contributed by atoms with E-state index in [-0.39, 0.29) is 18.4 Å². The summed E-state index contributed by atoms with van der Waals surface area (Å²) in [6.45, 7) is 4.82. The SMILES string of the molecule is CCC(C)C(NC(=O)N1CC(=O)Nc2ccccc21)C(=O)NC(C)C(=O)O. The highest BCUT2D eigenvalue weighted by Crippen LogP contribution is 2.29. The number of amides is 4. The number of benzene rings is 1. The first-order valence-corrected chi connectivity index (χ1v) is 8.74. The normalized spacial score (nSPS) is 16.4. The number of carbonyl (C=O) groups is 4. The number of carboxylic acid groups (broad SMARTS) is 1. The maximum Gasteiger partial charge on any atom is 0.325 e. The van der Waals surface area contributed by atoms with Crippen LogP contribution in [0.4, 0.5) is 16.2 Å². The lowest BCUT2D eigenvalue weighted by Crippen LogP contribution is -2.57. The smallest absolute Gasteiger partial charge is 0.325 e. The molecule has 3 unspecified atom stereocenters. The summed E-state index contributed by atoms with van der Waals surface area (Å²) >= 11 is 0. The first kappa shape index (κ1) is 20.2. The summed E-state index contributed by atoms with van der Waals surface area (Å²) in [6.07, 6.45) is 0.594. The summed E-state index contributed by atoms with van der Waals surface area (Å²) in [6, 6.07) is 4.25. The quantitative estimate of drug-likeness (QED) is 0.592. The lowest BCUT2D eigenvalue weighted by atomic mass is 9.98. The molecule has 9 heteroatoms. The van der Waals surface area contributed by atoms with E-state index in [1.54, 1.807) is 31.2 Å². The lowest BCUT2D eigenvalue weighted by molar-refractivity contribution is -0.141. The molecule has 1 heterocycles. The first-order valence-electron chi connectivity index (χ1n) is 8.74. The Bertz CT molecular complexity index is 751. The Kier molecular flexibility index (Phi) is 6.38. The van der Waals surface area contributed by atoms with Gasteiger partial charge in [0.25, 0.3) is 0 Å². The van der Waals surface area contributed by atoms with Crippen LogP contribution in [0.1, 0.15) is 27.2 Å². The second-order valence-electron chi connectivity index (χ2n) is 6.53. The standard InChI is InChI=1S/C18H24N4O5/c1-4-10(2)15(16(24)19-11(3)17(25)26)21-18(27)22-9-14(23)20-12-7-5-6-8-13(12)22/h5-8,10-11,15H,4,9H2,1-3H3,(H,19,24)(H,20,23)(H,21,27)(H,25,26). The maximum atomic E-state index is 12.8. The lowest BCUT2D eigenvalue weighted by Gasteiger charge is -2.32. The van der Waals surface area contributed by atoms with E-state index in [9.17, 15) is 19.2 Å². The molecule has 1 aromatic carbocycles. The van der Waals surface area contributed by atoms with Crippen molar-refractivity contribution in [2.75, 3.05) is 16.8 Å². The van der Waals surface area contributed by atoms with Crippen LogP contribution in [-0.4, -0.2) is 47.5 Å². The van der Waals surface area contributed by atoms with Gasteiger partial charge in [0, 0.05) is 0 Å². The van der Waals surface area contributed by atoms with E-state index >= 15 is 0 Å². The predicted molar refractivity (Wildman–Crippen MR) is 99.4 cm³/mol. The van der Waals surface area contributed by atoms with Crippen LogP contribution in [0.3, 0.4) is 0 Å². The molecule has 0 saturated carbocycles. The minimum atomic E-state index is -1.17. The summed E-state index contributed by atoms with van der Waals surface area (Å²) in [7, 11) is 0. The second kappa shape index (κ2) is 8.52. The monoisotopic (exact) mass is 376 g/mol. The minimum Gasteiger partial charge on any atom is -0.480 e. The third kappa shape index (κ3) is 4.75. The van der Waals surface area contributed by atoms with Gasteiger partial charge >= 0.3 is 12.0 Å². The zero-order chi connectivity index (χ0) is 20.1. The fourth-order valence-electron chi connectivity index (χ4n) is 2.69. The highest BCUT2D eigenvalue weighted by Gasteiger charge is 2.32. The van der Waals surface area contributed by atoms with Crippen LogP contribution >= 0.6 is 0 Å². The van der Waals surface area contributed by atoms with E-state index < -0.39 is 30.0 Å². The fourth-order valence-corrected chi connectivity index (χ4v) is 2.69. The molecular weight excluding hydrogens is 352 g/mol. The fraction of sp³-hybridized carbons (Fsp3) is 0.444. The first-order chi connectivity index (χ1) is 12.7. The largest absolute Gasteiger partial charge is 0.480 e. The Labute approximate surface area is 157 Å². The highest BCUT2D eigenvalue weighted by atomic mass is 16.4. The van der Waals surface area contributed by atoms with E-state index in [4.69, 9.17) is 5.11 Å². The molecule has 0 bridgehead atoms. The van der Waals surface area contributed by atoms with Crippen molar-refractivity contribution in [2.24, 2.45) is 5.92 Å². The number of nitrogens with zero attached hydrogens (tertiary/aromatic N) is 1. The molecule has 3 atom stereocenters. The predicted octanol–water partition coefficient (Wildman–Crippen LogP) is 1.16. The average molecular weight is 376 g/mol. The van der Waals surface area contributed by atoms with Crippen molar-refractivity contribution in [3.05, 3.63) is 24.3 Å². The number of urea groups is 1. The molecule has 27 heavy (non-hydrogen) atoms. The molecule has 0 radical (unpaired) electrons. The number of para-hydroxylation sites is 2. The Morgan fingerprint density at radius 1 is 1.22 bits per heavy atom. The topological polar surface area (TPSA) is 128 Å². The zero-order valence-electron chi connectivity index (χ0n) is 15.5. The van der Waals surface area contributed by atoms with Crippen molar-refractivity contribution >= 4 is 35.2 Å². The Morgan fingerprint density at radius 2 is 1.89 bits per heavy atom. The van der Waals surface area contributed by atoms with Gasteiger partial charge in [-0.05, 0) is 25.0 Å². The van der Waals surface area contributed by atoms with Gasteiger partial charge < -0.3 is 21.1 Å². The van der Waals surface area contributed by atoms with Gasteiger partial charge in [0.1, 0.15) is 18.6 Å². The van der Waals surface area contributed by atoms with Gasteiger partial charge in [0.2, 0.25) is 11.8 Å². The van der Waals surface area contributed by atoms with Crippen molar-refractivity contribution in [3.63, 3.8) is 0 Å². The van der Waals surface area contributed by atoms with E-state index in [1.807, 2.05) is 6.92 Å². The Balaban J connectivity index is 2.20. The van der Waals surface area contributed by atoms with Crippen molar-refractivity contribution < 1.29 is 24.3 Å². The highest BCUT2D eigenvalue weighted by molar-refractivity contribution is 6.10. The van der Waals surface area contributed by atoms with Crippen LogP contribution in [0.2, 0.25) is 0 Å². The molecule has 4 amide bonds. The molecule has 1 aliphatic rings. The minimum absolute atomic E-state index is 0.177. The molecular formula is C18H24N4O5. The van der Waals surface area contributed by atoms with Crippen LogP contribution in [0.5, 0.6) is 0 Å². The van der Waals surface area contributed by atoms with Gasteiger partial charge in [-0.1, -0.05) is 32.4 Å². The Morgan fingerprint density at radius 3 is 2.52 bits per heavy atom. The van der Waals surface area contributed by atoms with Gasteiger partial charge in [-0.25, -0.2) is 4.79 Å². The van der Waals surface area contributed by atoms with Crippen molar-refractivity contribution in [1.29, 1.82) is 0 Å². The molecule has 0 aromatic heterocycles. The van der Waals surface area contributed by atoms with Crippen LogP contribution in [-0.2, 0) is 14.4 Å². The maximum absolute atomic E-state index is 12.8. The van der Waals surface area contributed by atoms with Crippen molar-refractivity contribution in [1.82, 2.24) is 10.6 Å². The molecule has 0 saturated heterocycles. The van der Waals surface area contributed by atoms with E-state index in [0.29, 0.717) is 17.8 Å². The van der Waals surface area contributed by atoms with Crippen LogP contribution in [0.25, 0.3) is 0 Å². The average Bonchev–Trinajstić information content (AvgIpc) is 2.64. The molecule has 9 nitrogen and oxygen atoms in total. The van der Waals surface area contributed by atoms with Gasteiger partial charge in [0.15, 0.2) is 0 Å². The molecule has 1 aliphatic heterocycles. The van der Waals surface area contributed by atoms with Crippen LogP contribution < -0.4 is 20.9 Å². The molecule has 0 spiro atoms. The number of nitrogens with one attached hydrogen (secondary N) is 3. The third-order valence-electron chi connectivity index (χ3n) is 4.52. The molecule has 146 valence electrons. The summed E-state index contributed by atoms with van der Waals surface area (Å²) < 4.78 is 0. The number of rotatable bonds is 6. The third-order valence-corrected chi connectivity index (χ3v) is 4.52. The van der Waals surface area contributed by atoms with E-state index in [1.165, 1.54) is 11.8 Å². The number of aliphatic carboxylic acids is 1. The number of carboxylic acids is 1. The molecule has 0 aliphatic carbocycles. The number of fused-ring (bicyclic) bond motifs is 1. The zero-order valence-corrected chi connectivity index (χ0v) is 15.5. The number of hydrogen-bond donors (Lipinski definition) is 4. The number of carbonyl (C=O) groups excluding carboxylic acids is 3. The molecule has 1 aromatic rings. The van der Waals surface area contributed by atoms with Crippen molar-refractivity contribution in [2.45, 2.75) is 39.3 Å². The number of hydrogen-bond acceptors (Lipinski definition) is 4. The van der Waals surface area contributed by atoms with Gasteiger partial charge in [-0.15, -0.1) is 0 Å². The Hall–Kier alpha value is -3.10. The van der Waals surface area contributed by atoms with Gasteiger partial charge in [-0.3, -0.25) is 19.3 Å². The van der Waals surface area contributed by atoms with E-state index in [0.717, 1.165) is 0 Å². The summed E-state index contributed by atoms with van der Waals surface area (Å²) in [5, 5.41) is 16.7. The summed E-state index contributed by atoms with van der Waals surface area (Å²) in [5.74, 6) is -2.32. The van der Waals surface area contributed by atoms with Crippen molar-refractivity contribution in [3.8, 4) is 0 Å².